The molecule has 0 saturated heterocycles. The van der Waals surface area contributed by atoms with Crippen molar-refractivity contribution < 1.29 is 10.2 Å². The molecule has 2 atom stereocenters. The molecule has 1 aromatic heterocycles. The van der Waals surface area contributed by atoms with Crippen molar-refractivity contribution >= 4 is 0 Å². The summed E-state index contributed by atoms with van der Waals surface area (Å²) >= 11 is 0. The first kappa shape index (κ1) is 12.2. The Hall–Kier alpha value is -0.870. The van der Waals surface area contributed by atoms with Crippen LogP contribution in [-0.4, -0.2) is 32.0 Å². The SMILES string of the molecule is CCCC(O)C(O)Cc1nccn1CC. The van der Waals surface area contributed by atoms with Crippen molar-refractivity contribution in [1.29, 1.82) is 0 Å². The predicted octanol–water partition coefficient (Wildman–Crippen LogP) is 0.967. The largest absolute Gasteiger partial charge is 0.390 e. The lowest BCUT2D eigenvalue weighted by Crippen LogP contribution is -2.29. The molecule has 0 aromatic carbocycles. The number of aliphatic hydroxyl groups excluding tert-OH is 2. The zero-order valence-corrected chi connectivity index (χ0v) is 9.43. The molecule has 0 radical (unpaired) electrons. The highest BCUT2D eigenvalue weighted by Crippen LogP contribution is 2.08. The smallest absolute Gasteiger partial charge is 0.111 e. The minimum absolute atomic E-state index is 0.419. The van der Waals surface area contributed by atoms with Gasteiger partial charge in [0.2, 0.25) is 0 Å². The Morgan fingerprint density at radius 1 is 1.33 bits per heavy atom. The van der Waals surface area contributed by atoms with Crippen molar-refractivity contribution in [1.82, 2.24) is 9.55 Å². The normalized spacial score (nSPS) is 15.2. The Kier molecular flexibility index (Phi) is 4.78. The lowest BCUT2D eigenvalue weighted by atomic mass is 10.1. The molecule has 4 heteroatoms. The first-order valence-electron chi connectivity index (χ1n) is 5.55. The van der Waals surface area contributed by atoms with Gasteiger partial charge in [-0.25, -0.2) is 4.98 Å². The molecular formula is C11H20N2O2. The first-order valence-corrected chi connectivity index (χ1v) is 5.55. The first-order chi connectivity index (χ1) is 7.19. The number of nitrogens with zero attached hydrogens (tertiary/aromatic N) is 2. The zero-order chi connectivity index (χ0) is 11.3. The van der Waals surface area contributed by atoms with Crippen molar-refractivity contribution in [2.75, 3.05) is 0 Å². The molecule has 0 bridgehead atoms. The fourth-order valence-corrected chi connectivity index (χ4v) is 1.63. The standard InChI is InChI=1S/C11H20N2O2/c1-3-5-9(14)10(15)8-11-12-6-7-13(11)4-2/h6-7,9-10,14-15H,3-5,8H2,1-2H3. The maximum atomic E-state index is 9.74. The molecule has 0 fully saturated rings. The second-order valence-corrected chi connectivity index (χ2v) is 3.76. The molecule has 0 spiro atoms. The number of hydrogen-bond acceptors (Lipinski definition) is 3. The molecule has 86 valence electrons. The summed E-state index contributed by atoms with van der Waals surface area (Å²) in [6.07, 6.45) is 4.18. The van der Waals surface area contributed by atoms with Gasteiger partial charge in [-0.2, -0.15) is 0 Å². The summed E-state index contributed by atoms with van der Waals surface area (Å²) in [7, 11) is 0. The molecule has 0 aliphatic carbocycles. The average molecular weight is 212 g/mol. The molecule has 0 aliphatic heterocycles. The Labute approximate surface area is 90.6 Å². The molecule has 0 aliphatic rings. The molecule has 1 heterocycles. The van der Waals surface area contributed by atoms with Gasteiger partial charge in [-0.3, -0.25) is 0 Å². The summed E-state index contributed by atoms with van der Waals surface area (Å²) < 4.78 is 1.97. The van der Waals surface area contributed by atoms with E-state index < -0.39 is 12.2 Å². The molecule has 1 aromatic rings. The topological polar surface area (TPSA) is 58.3 Å². The fourth-order valence-electron chi connectivity index (χ4n) is 1.63. The van der Waals surface area contributed by atoms with E-state index >= 15 is 0 Å². The lowest BCUT2D eigenvalue weighted by molar-refractivity contribution is 0.0133. The number of aliphatic hydroxyl groups is 2. The van der Waals surface area contributed by atoms with Crippen LogP contribution < -0.4 is 0 Å². The second-order valence-electron chi connectivity index (χ2n) is 3.76. The van der Waals surface area contributed by atoms with Crippen LogP contribution in [0, 0.1) is 0 Å². The van der Waals surface area contributed by atoms with Crippen LogP contribution in [0.3, 0.4) is 0 Å². The number of aryl methyl sites for hydroxylation is 1. The van der Waals surface area contributed by atoms with E-state index in [4.69, 9.17) is 0 Å². The van der Waals surface area contributed by atoms with Gasteiger partial charge in [0, 0.05) is 25.4 Å². The lowest BCUT2D eigenvalue weighted by Gasteiger charge is -2.17. The highest BCUT2D eigenvalue weighted by Gasteiger charge is 2.17. The van der Waals surface area contributed by atoms with Crippen molar-refractivity contribution in [3.63, 3.8) is 0 Å². The van der Waals surface area contributed by atoms with Gasteiger partial charge in [-0.1, -0.05) is 13.3 Å². The Bertz CT molecular complexity index is 286. The number of aromatic nitrogens is 2. The van der Waals surface area contributed by atoms with Gasteiger partial charge < -0.3 is 14.8 Å². The summed E-state index contributed by atoms with van der Waals surface area (Å²) in [6.45, 7) is 4.86. The number of imidazole rings is 1. The minimum Gasteiger partial charge on any atom is -0.390 e. The van der Waals surface area contributed by atoms with Gasteiger partial charge in [0.25, 0.3) is 0 Å². The van der Waals surface area contributed by atoms with Crippen LogP contribution in [0.15, 0.2) is 12.4 Å². The summed E-state index contributed by atoms with van der Waals surface area (Å²) in [4.78, 5) is 4.16. The van der Waals surface area contributed by atoms with Gasteiger partial charge in [0.1, 0.15) is 5.82 Å². The third kappa shape index (κ3) is 3.32. The van der Waals surface area contributed by atoms with E-state index in [-0.39, 0.29) is 0 Å². The van der Waals surface area contributed by atoms with Crippen molar-refractivity contribution in [3.05, 3.63) is 18.2 Å². The van der Waals surface area contributed by atoms with Gasteiger partial charge in [0.15, 0.2) is 0 Å². The monoisotopic (exact) mass is 212 g/mol. The van der Waals surface area contributed by atoms with Gasteiger partial charge in [0.05, 0.1) is 12.2 Å². The summed E-state index contributed by atoms with van der Waals surface area (Å²) in [5, 5.41) is 19.3. The average Bonchev–Trinajstić information content (AvgIpc) is 2.65. The zero-order valence-electron chi connectivity index (χ0n) is 9.43. The Balaban J connectivity index is 2.53. The quantitative estimate of drug-likeness (QED) is 0.738. The van der Waals surface area contributed by atoms with E-state index in [0.29, 0.717) is 12.8 Å². The molecule has 1 rings (SSSR count). The van der Waals surface area contributed by atoms with E-state index in [1.165, 1.54) is 0 Å². The van der Waals surface area contributed by atoms with E-state index in [0.717, 1.165) is 18.8 Å². The van der Waals surface area contributed by atoms with Crippen LogP contribution >= 0.6 is 0 Å². The molecular weight excluding hydrogens is 192 g/mol. The Morgan fingerprint density at radius 3 is 2.67 bits per heavy atom. The van der Waals surface area contributed by atoms with Crippen LogP contribution in [-0.2, 0) is 13.0 Å². The summed E-state index contributed by atoms with van der Waals surface area (Å²) in [5.41, 5.74) is 0. The molecule has 0 saturated carbocycles. The van der Waals surface area contributed by atoms with Gasteiger partial charge in [-0.05, 0) is 13.3 Å². The summed E-state index contributed by atoms with van der Waals surface area (Å²) in [5.74, 6) is 0.833. The van der Waals surface area contributed by atoms with Gasteiger partial charge >= 0.3 is 0 Å². The highest BCUT2D eigenvalue weighted by atomic mass is 16.3. The van der Waals surface area contributed by atoms with Crippen molar-refractivity contribution in [3.8, 4) is 0 Å². The van der Waals surface area contributed by atoms with Crippen LogP contribution in [0.25, 0.3) is 0 Å². The van der Waals surface area contributed by atoms with E-state index in [9.17, 15) is 10.2 Å². The van der Waals surface area contributed by atoms with Crippen LogP contribution in [0.2, 0.25) is 0 Å². The summed E-state index contributed by atoms with van der Waals surface area (Å²) in [6, 6.07) is 0. The fraction of sp³-hybridized carbons (Fsp3) is 0.727. The van der Waals surface area contributed by atoms with E-state index in [2.05, 4.69) is 4.98 Å². The van der Waals surface area contributed by atoms with Crippen LogP contribution in [0.1, 0.15) is 32.5 Å². The third-order valence-electron chi connectivity index (χ3n) is 2.56. The van der Waals surface area contributed by atoms with Crippen molar-refractivity contribution in [2.45, 2.75) is 51.9 Å². The third-order valence-corrected chi connectivity index (χ3v) is 2.56. The van der Waals surface area contributed by atoms with E-state index in [1.807, 2.05) is 24.6 Å². The van der Waals surface area contributed by atoms with Crippen LogP contribution in [0.5, 0.6) is 0 Å². The van der Waals surface area contributed by atoms with E-state index in [1.54, 1.807) is 6.20 Å². The molecule has 2 N–H and O–H groups in total. The minimum atomic E-state index is -0.711. The maximum Gasteiger partial charge on any atom is 0.111 e. The second kappa shape index (κ2) is 5.88. The Morgan fingerprint density at radius 2 is 2.07 bits per heavy atom. The molecule has 2 unspecified atom stereocenters. The predicted molar refractivity (Wildman–Crippen MR) is 58.5 cm³/mol. The van der Waals surface area contributed by atoms with Crippen molar-refractivity contribution in [2.24, 2.45) is 0 Å². The molecule has 4 nitrogen and oxygen atoms in total. The van der Waals surface area contributed by atoms with Gasteiger partial charge in [-0.15, -0.1) is 0 Å². The van der Waals surface area contributed by atoms with Crippen LogP contribution in [0.4, 0.5) is 0 Å². The highest BCUT2D eigenvalue weighted by molar-refractivity contribution is 4.95. The molecule has 15 heavy (non-hydrogen) atoms. The maximum absolute atomic E-state index is 9.74. The molecule has 0 amide bonds. The number of hydrogen-bond donors (Lipinski definition) is 2. The number of rotatable bonds is 6.